The first kappa shape index (κ1) is 13.8. The average molecular weight is 239 g/mol. The van der Waals surface area contributed by atoms with Crippen molar-refractivity contribution in [2.24, 2.45) is 5.73 Å². The molecule has 1 unspecified atom stereocenters. The average Bonchev–Trinajstić information content (AvgIpc) is 2.38. The van der Waals surface area contributed by atoms with E-state index in [1.807, 2.05) is 25.1 Å². The van der Waals surface area contributed by atoms with Crippen molar-refractivity contribution in [3.63, 3.8) is 0 Å². The molecule has 96 valence electrons. The van der Waals surface area contributed by atoms with Crippen molar-refractivity contribution >= 4 is 0 Å². The van der Waals surface area contributed by atoms with Crippen LogP contribution in [-0.4, -0.2) is 27.4 Å². The van der Waals surface area contributed by atoms with Gasteiger partial charge in [-0.15, -0.1) is 0 Å². The minimum Gasteiger partial charge on any atom is -0.493 e. The summed E-state index contributed by atoms with van der Waals surface area (Å²) in [6, 6.07) is 5.70. The SMILES string of the molecule is CCOCCC(N)c1ccc(OC)c(OC)c1. The maximum Gasteiger partial charge on any atom is 0.161 e. The van der Waals surface area contributed by atoms with Gasteiger partial charge in [-0.3, -0.25) is 0 Å². The molecule has 1 atom stereocenters. The third kappa shape index (κ3) is 3.91. The smallest absolute Gasteiger partial charge is 0.161 e. The summed E-state index contributed by atoms with van der Waals surface area (Å²) in [7, 11) is 3.24. The van der Waals surface area contributed by atoms with E-state index >= 15 is 0 Å². The molecule has 0 spiro atoms. The number of hydrogen-bond acceptors (Lipinski definition) is 4. The zero-order valence-electron chi connectivity index (χ0n) is 10.7. The van der Waals surface area contributed by atoms with Gasteiger partial charge in [0.25, 0.3) is 0 Å². The van der Waals surface area contributed by atoms with Crippen LogP contribution in [0.2, 0.25) is 0 Å². The van der Waals surface area contributed by atoms with E-state index < -0.39 is 0 Å². The third-order valence-corrected chi connectivity index (χ3v) is 2.61. The van der Waals surface area contributed by atoms with Gasteiger partial charge in [0.05, 0.1) is 14.2 Å². The second kappa shape index (κ2) is 7.14. The Morgan fingerprint density at radius 1 is 1.18 bits per heavy atom. The van der Waals surface area contributed by atoms with Gasteiger partial charge in [0.15, 0.2) is 11.5 Å². The molecule has 0 aromatic heterocycles. The van der Waals surface area contributed by atoms with E-state index in [9.17, 15) is 0 Å². The highest BCUT2D eigenvalue weighted by molar-refractivity contribution is 5.43. The van der Waals surface area contributed by atoms with Gasteiger partial charge in [-0.25, -0.2) is 0 Å². The number of methoxy groups -OCH3 is 2. The molecule has 17 heavy (non-hydrogen) atoms. The summed E-state index contributed by atoms with van der Waals surface area (Å²) < 4.78 is 15.7. The Morgan fingerprint density at radius 3 is 2.47 bits per heavy atom. The van der Waals surface area contributed by atoms with Crippen LogP contribution < -0.4 is 15.2 Å². The fourth-order valence-corrected chi connectivity index (χ4v) is 1.60. The molecule has 4 heteroatoms. The van der Waals surface area contributed by atoms with E-state index in [1.54, 1.807) is 14.2 Å². The molecular formula is C13H21NO3. The Bertz CT molecular complexity index is 341. The van der Waals surface area contributed by atoms with Gasteiger partial charge in [-0.2, -0.15) is 0 Å². The normalized spacial score (nSPS) is 12.2. The van der Waals surface area contributed by atoms with E-state index in [0.29, 0.717) is 18.1 Å². The second-order valence-electron chi connectivity index (χ2n) is 3.71. The number of hydrogen-bond donors (Lipinski definition) is 1. The third-order valence-electron chi connectivity index (χ3n) is 2.61. The van der Waals surface area contributed by atoms with Gasteiger partial charge in [-0.1, -0.05) is 6.07 Å². The van der Waals surface area contributed by atoms with E-state index in [4.69, 9.17) is 19.9 Å². The molecular weight excluding hydrogens is 218 g/mol. The van der Waals surface area contributed by atoms with Crippen molar-refractivity contribution in [1.82, 2.24) is 0 Å². The molecule has 0 radical (unpaired) electrons. The molecule has 0 fully saturated rings. The molecule has 0 heterocycles. The van der Waals surface area contributed by atoms with Gasteiger partial charge in [-0.05, 0) is 31.0 Å². The van der Waals surface area contributed by atoms with Crippen LogP contribution in [0, 0.1) is 0 Å². The molecule has 0 saturated carbocycles. The monoisotopic (exact) mass is 239 g/mol. The summed E-state index contributed by atoms with van der Waals surface area (Å²) >= 11 is 0. The Balaban J connectivity index is 2.70. The van der Waals surface area contributed by atoms with Gasteiger partial charge in [0.1, 0.15) is 0 Å². The quantitative estimate of drug-likeness (QED) is 0.741. The number of rotatable bonds is 7. The van der Waals surface area contributed by atoms with Crippen LogP contribution in [-0.2, 0) is 4.74 Å². The largest absolute Gasteiger partial charge is 0.493 e. The van der Waals surface area contributed by atoms with Crippen LogP contribution in [0.1, 0.15) is 24.9 Å². The number of ether oxygens (including phenoxy) is 3. The van der Waals surface area contributed by atoms with E-state index in [1.165, 1.54) is 0 Å². The minimum absolute atomic E-state index is 0.0404. The van der Waals surface area contributed by atoms with Gasteiger partial charge in [0.2, 0.25) is 0 Å². The molecule has 2 N–H and O–H groups in total. The first-order valence-electron chi connectivity index (χ1n) is 5.78. The zero-order chi connectivity index (χ0) is 12.7. The predicted molar refractivity (Wildman–Crippen MR) is 67.6 cm³/mol. The highest BCUT2D eigenvalue weighted by Crippen LogP contribution is 2.30. The number of nitrogens with two attached hydrogens (primary N) is 1. The highest BCUT2D eigenvalue weighted by atomic mass is 16.5. The van der Waals surface area contributed by atoms with Crippen molar-refractivity contribution in [1.29, 1.82) is 0 Å². The van der Waals surface area contributed by atoms with Gasteiger partial charge in [0, 0.05) is 19.3 Å². The van der Waals surface area contributed by atoms with Crippen molar-refractivity contribution < 1.29 is 14.2 Å². The van der Waals surface area contributed by atoms with E-state index in [2.05, 4.69) is 0 Å². The van der Waals surface area contributed by atoms with E-state index in [-0.39, 0.29) is 6.04 Å². The lowest BCUT2D eigenvalue weighted by Crippen LogP contribution is -2.13. The maximum atomic E-state index is 6.07. The molecule has 0 aliphatic heterocycles. The summed E-state index contributed by atoms with van der Waals surface area (Å²) in [6.07, 6.45) is 0.795. The fraction of sp³-hybridized carbons (Fsp3) is 0.538. The minimum atomic E-state index is -0.0404. The lowest BCUT2D eigenvalue weighted by atomic mass is 10.0. The standard InChI is InChI=1S/C13H21NO3/c1-4-17-8-7-11(14)10-5-6-12(15-2)13(9-10)16-3/h5-6,9,11H,4,7-8,14H2,1-3H3. The zero-order valence-corrected chi connectivity index (χ0v) is 10.7. The molecule has 0 aliphatic carbocycles. The van der Waals surface area contributed by atoms with Crippen molar-refractivity contribution in [2.45, 2.75) is 19.4 Å². The Labute approximate surface area is 103 Å². The Hall–Kier alpha value is -1.26. The summed E-state index contributed by atoms with van der Waals surface area (Å²) in [5.41, 5.74) is 7.10. The summed E-state index contributed by atoms with van der Waals surface area (Å²) in [5, 5.41) is 0. The summed E-state index contributed by atoms with van der Waals surface area (Å²) in [5.74, 6) is 1.42. The molecule has 1 aromatic rings. The predicted octanol–water partition coefficient (Wildman–Crippen LogP) is 2.13. The van der Waals surface area contributed by atoms with Crippen LogP contribution in [0.3, 0.4) is 0 Å². The molecule has 4 nitrogen and oxygen atoms in total. The summed E-state index contributed by atoms with van der Waals surface area (Å²) in [6.45, 7) is 3.37. The van der Waals surface area contributed by atoms with Crippen LogP contribution in [0.15, 0.2) is 18.2 Å². The second-order valence-corrected chi connectivity index (χ2v) is 3.71. The van der Waals surface area contributed by atoms with Crippen molar-refractivity contribution in [2.75, 3.05) is 27.4 Å². The Morgan fingerprint density at radius 2 is 1.88 bits per heavy atom. The lowest BCUT2D eigenvalue weighted by molar-refractivity contribution is 0.140. The van der Waals surface area contributed by atoms with Crippen LogP contribution >= 0.6 is 0 Å². The summed E-state index contributed by atoms with van der Waals surface area (Å²) in [4.78, 5) is 0. The topological polar surface area (TPSA) is 53.7 Å². The Kier molecular flexibility index (Phi) is 5.80. The van der Waals surface area contributed by atoms with Crippen molar-refractivity contribution in [3.8, 4) is 11.5 Å². The molecule has 1 aromatic carbocycles. The molecule has 1 rings (SSSR count). The fourth-order valence-electron chi connectivity index (χ4n) is 1.60. The highest BCUT2D eigenvalue weighted by Gasteiger charge is 2.10. The van der Waals surface area contributed by atoms with Crippen molar-refractivity contribution in [3.05, 3.63) is 23.8 Å². The van der Waals surface area contributed by atoms with Gasteiger partial charge >= 0.3 is 0 Å². The van der Waals surface area contributed by atoms with Gasteiger partial charge < -0.3 is 19.9 Å². The van der Waals surface area contributed by atoms with E-state index in [0.717, 1.165) is 18.6 Å². The van der Waals surface area contributed by atoms with Crippen LogP contribution in [0.4, 0.5) is 0 Å². The first-order valence-corrected chi connectivity index (χ1v) is 5.78. The molecule has 0 amide bonds. The van der Waals surface area contributed by atoms with Crippen LogP contribution in [0.25, 0.3) is 0 Å². The molecule has 0 aliphatic rings. The number of benzene rings is 1. The lowest BCUT2D eigenvalue weighted by Gasteiger charge is -2.14. The molecule has 0 saturated heterocycles. The maximum absolute atomic E-state index is 6.07. The first-order chi connectivity index (χ1) is 8.22. The molecule has 0 bridgehead atoms. The van der Waals surface area contributed by atoms with Crippen LogP contribution in [0.5, 0.6) is 11.5 Å².